The predicted octanol–water partition coefficient (Wildman–Crippen LogP) is 5.29. The lowest BCUT2D eigenvalue weighted by molar-refractivity contribution is 0.174. The first-order valence-corrected chi connectivity index (χ1v) is 9.71. The SMILES string of the molecule is c1ccc(CN(c2ccccc2)c2ccnc(Nc3ccc4c(c3)OCO4)n2)cc1. The summed E-state index contributed by atoms with van der Waals surface area (Å²) in [7, 11) is 0. The van der Waals surface area contributed by atoms with Gasteiger partial charge in [0.2, 0.25) is 12.7 Å². The van der Waals surface area contributed by atoms with Crippen molar-refractivity contribution < 1.29 is 9.47 Å². The fourth-order valence-electron chi connectivity index (χ4n) is 3.34. The lowest BCUT2D eigenvalue weighted by Gasteiger charge is -2.24. The van der Waals surface area contributed by atoms with Gasteiger partial charge >= 0.3 is 0 Å². The van der Waals surface area contributed by atoms with E-state index in [-0.39, 0.29) is 6.79 Å². The zero-order chi connectivity index (χ0) is 20.2. The molecule has 1 aliphatic rings. The summed E-state index contributed by atoms with van der Waals surface area (Å²) in [6.45, 7) is 0.946. The Kier molecular flexibility index (Phi) is 4.88. The largest absolute Gasteiger partial charge is 0.454 e. The summed E-state index contributed by atoms with van der Waals surface area (Å²) in [6.07, 6.45) is 1.76. The number of anilines is 4. The number of ether oxygens (including phenoxy) is 2. The summed E-state index contributed by atoms with van der Waals surface area (Å²) in [5, 5.41) is 3.26. The number of fused-ring (bicyclic) bond motifs is 1. The quantitative estimate of drug-likeness (QED) is 0.478. The van der Waals surface area contributed by atoms with Gasteiger partial charge in [0.05, 0.1) is 0 Å². The van der Waals surface area contributed by atoms with E-state index in [2.05, 4.69) is 39.5 Å². The number of para-hydroxylation sites is 1. The molecular weight excluding hydrogens is 376 g/mol. The van der Waals surface area contributed by atoms with Crippen LogP contribution in [0.2, 0.25) is 0 Å². The molecule has 30 heavy (non-hydrogen) atoms. The molecule has 0 unspecified atom stereocenters. The van der Waals surface area contributed by atoms with Gasteiger partial charge in [-0.25, -0.2) is 4.98 Å². The molecule has 6 heteroatoms. The highest BCUT2D eigenvalue weighted by molar-refractivity contribution is 5.64. The second-order valence-corrected chi connectivity index (χ2v) is 6.84. The second-order valence-electron chi connectivity index (χ2n) is 6.84. The molecule has 1 aromatic heterocycles. The van der Waals surface area contributed by atoms with Gasteiger partial charge in [0.15, 0.2) is 11.5 Å². The van der Waals surface area contributed by atoms with Crippen molar-refractivity contribution in [1.82, 2.24) is 9.97 Å². The van der Waals surface area contributed by atoms with E-state index in [1.807, 2.05) is 60.7 Å². The maximum Gasteiger partial charge on any atom is 0.231 e. The highest BCUT2D eigenvalue weighted by Gasteiger charge is 2.15. The predicted molar refractivity (Wildman–Crippen MR) is 117 cm³/mol. The van der Waals surface area contributed by atoms with E-state index < -0.39 is 0 Å². The van der Waals surface area contributed by atoms with Crippen LogP contribution in [-0.2, 0) is 6.54 Å². The molecule has 0 spiro atoms. The first kappa shape index (κ1) is 18.0. The molecule has 3 aromatic carbocycles. The molecule has 2 heterocycles. The maximum absolute atomic E-state index is 5.45. The van der Waals surface area contributed by atoms with Gasteiger partial charge in [-0.2, -0.15) is 4.98 Å². The fourth-order valence-corrected chi connectivity index (χ4v) is 3.34. The number of nitrogens with one attached hydrogen (secondary N) is 1. The highest BCUT2D eigenvalue weighted by Crippen LogP contribution is 2.35. The smallest absolute Gasteiger partial charge is 0.231 e. The van der Waals surface area contributed by atoms with Crippen LogP contribution in [0.1, 0.15) is 5.56 Å². The van der Waals surface area contributed by atoms with E-state index >= 15 is 0 Å². The van der Waals surface area contributed by atoms with E-state index in [9.17, 15) is 0 Å². The third-order valence-corrected chi connectivity index (χ3v) is 4.80. The van der Waals surface area contributed by atoms with Crippen molar-refractivity contribution in [2.75, 3.05) is 17.0 Å². The maximum atomic E-state index is 5.45. The van der Waals surface area contributed by atoms with E-state index in [0.717, 1.165) is 22.9 Å². The first-order valence-electron chi connectivity index (χ1n) is 9.71. The Morgan fingerprint density at radius 3 is 2.43 bits per heavy atom. The number of nitrogens with zero attached hydrogens (tertiary/aromatic N) is 3. The lowest BCUT2D eigenvalue weighted by atomic mass is 10.2. The highest BCUT2D eigenvalue weighted by atomic mass is 16.7. The minimum atomic E-state index is 0.246. The summed E-state index contributed by atoms with van der Waals surface area (Å²) < 4.78 is 10.8. The minimum Gasteiger partial charge on any atom is -0.454 e. The number of rotatable bonds is 6. The molecule has 4 aromatic rings. The molecular formula is C24H20N4O2. The van der Waals surface area contributed by atoms with Crippen LogP contribution in [0, 0.1) is 0 Å². The Morgan fingerprint density at radius 2 is 1.60 bits per heavy atom. The van der Waals surface area contributed by atoms with Crippen molar-refractivity contribution in [3.05, 3.63) is 96.7 Å². The third-order valence-electron chi connectivity index (χ3n) is 4.80. The van der Waals surface area contributed by atoms with Gasteiger partial charge in [-0.15, -0.1) is 0 Å². The number of aromatic nitrogens is 2. The van der Waals surface area contributed by atoms with Crippen LogP contribution in [0.15, 0.2) is 91.1 Å². The zero-order valence-electron chi connectivity index (χ0n) is 16.2. The van der Waals surface area contributed by atoms with E-state index in [1.54, 1.807) is 6.20 Å². The van der Waals surface area contributed by atoms with Gasteiger partial charge in [-0.3, -0.25) is 0 Å². The van der Waals surface area contributed by atoms with Crippen molar-refractivity contribution in [2.24, 2.45) is 0 Å². The molecule has 0 amide bonds. The summed E-state index contributed by atoms with van der Waals surface area (Å²) in [4.78, 5) is 11.3. The van der Waals surface area contributed by atoms with Crippen LogP contribution < -0.4 is 19.7 Å². The van der Waals surface area contributed by atoms with Crippen LogP contribution in [0.5, 0.6) is 11.5 Å². The topological polar surface area (TPSA) is 59.5 Å². The Balaban J connectivity index is 1.44. The summed E-state index contributed by atoms with van der Waals surface area (Å²) in [5.41, 5.74) is 3.10. The molecule has 0 saturated heterocycles. The van der Waals surface area contributed by atoms with Crippen molar-refractivity contribution in [3.8, 4) is 11.5 Å². The third kappa shape index (κ3) is 3.89. The van der Waals surface area contributed by atoms with Gasteiger partial charge in [-0.1, -0.05) is 48.5 Å². The van der Waals surface area contributed by atoms with Crippen molar-refractivity contribution in [3.63, 3.8) is 0 Å². The van der Waals surface area contributed by atoms with E-state index in [4.69, 9.17) is 14.5 Å². The van der Waals surface area contributed by atoms with Crippen LogP contribution >= 0.6 is 0 Å². The number of hydrogen-bond acceptors (Lipinski definition) is 6. The van der Waals surface area contributed by atoms with Crippen LogP contribution in [0.25, 0.3) is 0 Å². The van der Waals surface area contributed by atoms with Gasteiger partial charge in [0.1, 0.15) is 5.82 Å². The second kappa shape index (κ2) is 8.13. The zero-order valence-corrected chi connectivity index (χ0v) is 16.2. The lowest BCUT2D eigenvalue weighted by Crippen LogP contribution is -2.18. The Hall–Kier alpha value is -4.06. The Morgan fingerprint density at radius 1 is 0.833 bits per heavy atom. The average molecular weight is 396 g/mol. The number of benzene rings is 3. The summed E-state index contributed by atoms with van der Waals surface area (Å²) >= 11 is 0. The molecule has 0 bridgehead atoms. The van der Waals surface area contributed by atoms with Gasteiger partial charge in [0.25, 0.3) is 0 Å². The fraction of sp³-hybridized carbons (Fsp3) is 0.0833. The van der Waals surface area contributed by atoms with Gasteiger partial charge in [0, 0.05) is 30.2 Å². The molecule has 0 fully saturated rings. The normalized spacial score (nSPS) is 11.9. The van der Waals surface area contributed by atoms with Crippen LogP contribution in [0.4, 0.5) is 23.1 Å². The minimum absolute atomic E-state index is 0.246. The molecule has 0 radical (unpaired) electrons. The Labute approximate surface area is 174 Å². The molecule has 6 nitrogen and oxygen atoms in total. The molecule has 5 rings (SSSR count). The first-order chi connectivity index (χ1) is 14.8. The van der Waals surface area contributed by atoms with Gasteiger partial charge < -0.3 is 19.7 Å². The average Bonchev–Trinajstić information content (AvgIpc) is 3.27. The Bertz CT molecular complexity index is 1140. The molecule has 0 aliphatic carbocycles. The van der Waals surface area contributed by atoms with Crippen molar-refractivity contribution in [2.45, 2.75) is 6.54 Å². The monoisotopic (exact) mass is 396 g/mol. The summed E-state index contributed by atoms with van der Waals surface area (Å²) in [5.74, 6) is 2.78. The summed E-state index contributed by atoms with van der Waals surface area (Å²) in [6, 6.07) is 28.2. The van der Waals surface area contributed by atoms with Crippen molar-refractivity contribution in [1.29, 1.82) is 0 Å². The molecule has 1 aliphatic heterocycles. The van der Waals surface area contributed by atoms with Crippen molar-refractivity contribution >= 4 is 23.1 Å². The van der Waals surface area contributed by atoms with E-state index in [1.165, 1.54) is 5.56 Å². The van der Waals surface area contributed by atoms with Crippen LogP contribution in [0.3, 0.4) is 0 Å². The van der Waals surface area contributed by atoms with Gasteiger partial charge in [-0.05, 0) is 35.9 Å². The molecule has 1 N–H and O–H groups in total. The van der Waals surface area contributed by atoms with E-state index in [0.29, 0.717) is 18.2 Å². The molecule has 148 valence electrons. The van der Waals surface area contributed by atoms with Crippen LogP contribution in [-0.4, -0.2) is 16.8 Å². The number of hydrogen-bond donors (Lipinski definition) is 1. The molecule has 0 atom stereocenters. The standard InChI is InChI=1S/C24H20N4O2/c1-3-7-18(8-4-1)16-28(20-9-5-2-6-10-20)23-13-14-25-24(27-23)26-19-11-12-21-22(15-19)30-17-29-21/h1-15H,16-17H2,(H,25,26,27). The molecule has 0 saturated carbocycles.